The molecule has 1 aliphatic rings. The molecule has 122 valence electrons. The van der Waals surface area contributed by atoms with Gasteiger partial charge in [-0.25, -0.2) is 4.79 Å². The zero-order valence-electron chi connectivity index (χ0n) is 12.5. The van der Waals surface area contributed by atoms with Crippen molar-refractivity contribution in [3.8, 4) is 0 Å². The third kappa shape index (κ3) is 2.59. The molecule has 2 aromatic rings. The molecule has 2 aromatic heterocycles. The molecule has 0 spiro atoms. The Balaban J connectivity index is 1.79. The summed E-state index contributed by atoms with van der Waals surface area (Å²) >= 11 is 5.91. The molecule has 0 aromatic carbocycles. The van der Waals surface area contributed by atoms with Crippen LogP contribution >= 0.6 is 11.6 Å². The Hall–Kier alpha value is -2.35. The molecule has 0 atom stereocenters. The monoisotopic (exact) mass is 337 g/mol. The predicted molar refractivity (Wildman–Crippen MR) is 81.3 cm³/mol. The quantitative estimate of drug-likeness (QED) is 0.878. The predicted octanol–water partition coefficient (Wildman–Crippen LogP) is 1.28. The third-order valence-corrected chi connectivity index (χ3v) is 4.52. The summed E-state index contributed by atoms with van der Waals surface area (Å²) in [6.07, 6.45) is 5.28. The van der Waals surface area contributed by atoms with Gasteiger partial charge in [-0.3, -0.25) is 14.6 Å². The first-order valence-corrected chi connectivity index (χ1v) is 7.55. The van der Waals surface area contributed by atoms with Gasteiger partial charge in [0.1, 0.15) is 5.69 Å². The van der Waals surface area contributed by atoms with Crippen molar-refractivity contribution < 1.29 is 14.7 Å². The molecule has 0 bridgehead atoms. The molecule has 9 heteroatoms. The highest BCUT2D eigenvalue weighted by molar-refractivity contribution is 6.33. The first kappa shape index (κ1) is 15.5. The number of hydrogen-bond acceptors (Lipinski definition) is 4. The Bertz CT molecular complexity index is 745. The Kier molecular flexibility index (Phi) is 3.85. The van der Waals surface area contributed by atoms with Crippen LogP contribution in [0.25, 0.3) is 0 Å². The number of nitrogens with one attached hydrogen (secondary N) is 1. The van der Waals surface area contributed by atoms with Crippen LogP contribution < -0.4 is 0 Å². The molecular formula is C14H16ClN5O3. The van der Waals surface area contributed by atoms with Crippen LogP contribution in [0.2, 0.25) is 5.02 Å². The maximum absolute atomic E-state index is 12.4. The van der Waals surface area contributed by atoms with E-state index in [1.165, 1.54) is 10.9 Å². The number of likely N-dealkylation sites (tertiary alicyclic amines) is 1. The second-order valence-corrected chi connectivity index (χ2v) is 6.09. The van der Waals surface area contributed by atoms with Crippen molar-refractivity contribution in [1.29, 1.82) is 0 Å². The van der Waals surface area contributed by atoms with E-state index in [1.807, 2.05) is 6.92 Å². The van der Waals surface area contributed by atoms with Gasteiger partial charge in [-0.1, -0.05) is 11.6 Å². The zero-order chi connectivity index (χ0) is 16.6. The van der Waals surface area contributed by atoms with E-state index >= 15 is 0 Å². The van der Waals surface area contributed by atoms with E-state index in [0.717, 1.165) is 5.56 Å². The number of aryl methyl sites for hydroxylation is 1. The molecule has 0 unspecified atom stereocenters. The number of rotatable bonds is 3. The maximum atomic E-state index is 12.4. The number of carbonyl (C=O) groups is 2. The van der Waals surface area contributed by atoms with Crippen molar-refractivity contribution in [3.05, 3.63) is 34.9 Å². The molecule has 0 aliphatic carbocycles. The summed E-state index contributed by atoms with van der Waals surface area (Å²) in [6.45, 7) is 2.47. The largest absolute Gasteiger partial charge is 0.479 e. The number of piperidine rings is 1. The zero-order valence-corrected chi connectivity index (χ0v) is 13.2. The van der Waals surface area contributed by atoms with Gasteiger partial charge in [0.05, 0.1) is 17.4 Å². The van der Waals surface area contributed by atoms with Gasteiger partial charge in [0.15, 0.2) is 5.54 Å². The normalized spacial score (nSPS) is 17.2. The summed E-state index contributed by atoms with van der Waals surface area (Å²) in [4.78, 5) is 25.8. The molecule has 23 heavy (non-hydrogen) atoms. The Morgan fingerprint density at radius 2 is 2.04 bits per heavy atom. The third-order valence-electron chi connectivity index (χ3n) is 4.23. The molecule has 1 amide bonds. The lowest BCUT2D eigenvalue weighted by Gasteiger charge is -2.38. The topological polar surface area (TPSA) is 104 Å². The van der Waals surface area contributed by atoms with E-state index in [9.17, 15) is 14.7 Å². The highest BCUT2D eigenvalue weighted by Crippen LogP contribution is 2.31. The number of hydrogen-bond donors (Lipinski definition) is 2. The maximum Gasteiger partial charge on any atom is 0.331 e. The molecule has 8 nitrogen and oxygen atoms in total. The summed E-state index contributed by atoms with van der Waals surface area (Å²) in [7, 11) is 0. The second-order valence-electron chi connectivity index (χ2n) is 5.68. The minimum atomic E-state index is -1.12. The molecule has 1 saturated heterocycles. The number of nitrogens with zero attached hydrogens (tertiary/aromatic N) is 4. The van der Waals surface area contributed by atoms with Crippen molar-refractivity contribution >= 4 is 23.5 Å². The highest BCUT2D eigenvalue weighted by atomic mass is 35.5. The fourth-order valence-electron chi connectivity index (χ4n) is 2.85. The number of aromatic amines is 1. The van der Waals surface area contributed by atoms with Crippen LogP contribution in [0.4, 0.5) is 0 Å². The summed E-state index contributed by atoms with van der Waals surface area (Å²) in [6, 6.07) is 0. The van der Waals surface area contributed by atoms with Gasteiger partial charge < -0.3 is 10.0 Å². The molecule has 3 rings (SSSR count). The SMILES string of the molecule is Cc1cnn(C2(C(=O)O)CCN(C(=O)c3[nH]ncc3Cl)CC2)c1. The molecule has 2 N–H and O–H groups in total. The first-order valence-electron chi connectivity index (χ1n) is 7.17. The lowest BCUT2D eigenvalue weighted by Crippen LogP contribution is -2.52. The molecule has 0 saturated carbocycles. The van der Waals surface area contributed by atoms with Gasteiger partial charge in [0.25, 0.3) is 5.91 Å². The van der Waals surface area contributed by atoms with E-state index in [1.54, 1.807) is 17.3 Å². The van der Waals surface area contributed by atoms with E-state index in [-0.39, 0.29) is 29.5 Å². The van der Waals surface area contributed by atoms with Gasteiger partial charge in [0.2, 0.25) is 0 Å². The van der Waals surface area contributed by atoms with Gasteiger partial charge in [-0.2, -0.15) is 10.2 Å². The summed E-state index contributed by atoms with van der Waals surface area (Å²) in [5.74, 6) is -1.21. The van der Waals surface area contributed by atoms with Gasteiger partial charge in [-0.05, 0) is 12.5 Å². The van der Waals surface area contributed by atoms with Crippen LogP contribution in [0.15, 0.2) is 18.6 Å². The number of aliphatic carboxylic acids is 1. The van der Waals surface area contributed by atoms with Crippen LogP contribution in [0.1, 0.15) is 28.9 Å². The number of carboxylic acid groups (broad SMARTS) is 1. The minimum absolute atomic E-state index is 0.226. The summed E-state index contributed by atoms with van der Waals surface area (Å²) in [5.41, 5.74) is 0.000759. The van der Waals surface area contributed by atoms with Gasteiger partial charge in [-0.15, -0.1) is 0 Å². The van der Waals surface area contributed by atoms with Crippen molar-refractivity contribution in [2.45, 2.75) is 25.3 Å². The number of H-pyrrole nitrogens is 1. The van der Waals surface area contributed by atoms with Crippen molar-refractivity contribution in [3.63, 3.8) is 0 Å². The van der Waals surface area contributed by atoms with Crippen molar-refractivity contribution in [2.75, 3.05) is 13.1 Å². The molecule has 0 radical (unpaired) electrons. The van der Waals surface area contributed by atoms with E-state index in [4.69, 9.17) is 11.6 Å². The molecule has 1 fully saturated rings. The Labute approximate surface area is 137 Å². The van der Waals surface area contributed by atoms with Gasteiger partial charge in [0, 0.05) is 32.1 Å². The molecule has 1 aliphatic heterocycles. The highest BCUT2D eigenvalue weighted by Gasteiger charge is 2.45. The van der Waals surface area contributed by atoms with Crippen LogP contribution in [-0.4, -0.2) is 55.0 Å². The van der Waals surface area contributed by atoms with Gasteiger partial charge >= 0.3 is 5.97 Å². The number of aromatic nitrogens is 4. The number of halogens is 1. The second kappa shape index (κ2) is 5.69. The Morgan fingerprint density at radius 1 is 1.35 bits per heavy atom. The van der Waals surface area contributed by atoms with E-state index in [0.29, 0.717) is 13.1 Å². The fraction of sp³-hybridized carbons (Fsp3) is 0.429. The summed E-state index contributed by atoms with van der Waals surface area (Å²) in [5, 5.41) is 20.4. The van der Waals surface area contributed by atoms with Crippen LogP contribution in [0, 0.1) is 6.92 Å². The van der Waals surface area contributed by atoms with Crippen LogP contribution in [0.3, 0.4) is 0 Å². The van der Waals surface area contributed by atoms with E-state index in [2.05, 4.69) is 15.3 Å². The standard InChI is InChI=1S/C14H16ClN5O3/c1-9-6-17-20(8-9)14(13(22)23)2-4-19(5-3-14)12(21)11-10(15)7-16-18-11/h6-8H,2-5H2,1H3,(H,16,18)(H,22,23). The van der Waals surface area contributed by atoms with Crippen LogP contribution in [0.5, 0.6) is 0 Å². The Morgan fingerprint density at radius 3 is 2.52 bits per heavy atom. The smallest absolute Gasteiger partial charge is 0.331 e. The van der Waals surface area contributed by atoms with Crippen molar-refractivity contribution in [1.82, 2.24) is 24.9 Å². The first-order chi connectivity index (χ1) is 10.9. The average molecular weight is 338 g/mol. The lowest BCUT2D eigenvalue weighted by atomic mass is 9.87. The van der Waals surface area contributed by atoms with Crippen molar-refractivity contribution in [2.24, 2.45) is 0 Å². The lowest BCUT2D eigenvalue weighted by molar-refractivity contribution is -0.150. The minimum Gasteiger partial charge on any atom is -0.479 e. The van der Waals surface area contributed by atoms with E-state index < -0.39 is 11.5 Å². The number of carboxylic acids is 1. The molecule has 3 heterocycles. The summed E-state index contributed by atoms with van der Waals surface area (Å²) < 4.78 is 1.50. The van der Waals surface area contributed by atoms with Crippen LogP contribution in [-0.2, 0) is 10.3 Å². The number of carbonyl (C=O) groups excluding carboxylic acids is 1. The molecular weight excluding hydrogens is 322 g/mol. The average Bonchev–Trinajstić information content (AvgIpc) is 3.15. The number of amides is 1. The fourth-order valence-corrected chi connectivity index (χ4v) is 3.02.